The Hall–Kier alpha value is -1.07. The molecule has 0 aliphatic rings. The van der Waals surface area contributed by atoms with E-state index in [9.17, 15) is 13.0 Å². The molecule has 0 saturated carbocycles. The molecule has 0 radical (unpaired) electrons. The van der Waals surface area contributed by atoms with Gasteiger partial charge in [-0.05, 0) is 0 Å². The zero-order chi connectivity index (χ0) is 14.2. The first kappa shape index (κ1) is 16.9. The zero-order valence-electron chi connectivity index (χ0n) is 9.21. The Morgan fingerprint density at radius 1 is 1.00 bits per heavy atom. The van der Waals surface area contributed by atoms with Gasteiger partial charge in [-0.25, -0.2) is 13.0 Å². The van der Waals surface area contributed by atoms with Crippen molar-refractivity contribution in [3.8, 4) is 0 Å². The molecule has 0 saturated heterocycles. The van der Waals surface area contributed by atoms with Crippen molar-refractivity contribution < 1.29 is 35.1 Å². The summed E-state index contributed by atoms with van der Waals surface area (Å²) in [7, 11) is -8.72. The van der Waals surface area contributed by atoms with E-state index in [0.717, 1.165) is 0 Å². The number of aromatic nitrogens is 1. The molecule has 1 rings (SSSR count). The third-order valence-corrected chi connectivity index (χ3v) is 2.38. The highest BCUT2D eigenvalue weighted by Gasteiger charge is 2.00. The van der Waals surface area contributed by atoms with Crippen molar-refractivity contribution in [3.05, 3.63) is 30.6 Å². The van der Waals surface area contributed by atoms with E-state index in [2.05, 4.69) is 0 Å². The van der Waals surface area contributed by atoms with Crippen LogP contribution in [0.1, 0.15) is 6.42 Å². The molecule has 0 atom stereocenters. The number of pyridine rings is 1. The van der Waals surface area contributed by atoms with E-state index in [1.54, 1.807) is 0 Å². The smallest absolute Gasteiger partial charge is 0.394 e. The van der Waals surface area contributed by atoms with E-state index in [4.69, 9.17) is 17.5 Å². The highest BCUT2D eigenvalue weighted by Crippen LogP contribution is 1.88. The zero-order valence-corrected chi connectivity index (χ0v) is 10.8. The van der Waals surface area contributed by atoms with E-state index in [-0.39, 0.29) is 5.75 Å². The van der Waals surface area contributed by atoms with Crippen molar-refractivity contribution in [2.75, 3.05) is 5.75 Å². The average Bonchev–Trinajstić information content (AvgIpc) is 2.14. The summed E-state index contributed by atoms with van der Waals surface area (Å²) in [6.45, 7) is 0.558. The Bertz CT molecular complexity index is 530. The number of aryl methyl sites for hydroxylation is 1. The van der Waals surface area contributed by atoms with Crippen LogP contribution in [-0.4, -0.2) is 36.2 Å². The lowest BCUT2D eigenvalue weighted by atomic mass is 10.4. The molecule has 0 spiro atoms. The standard InChI is InChI=1S/C8H11NO3S.H2O4S/c10-13(11,12)8-4-7-9-5-2-1-3-6-9;1-5(2,3)4/h1-3,5-6H,4,7-8H2;(H2,1,2,3,4). The van der Waals surface area contributed by atoms with E-state index < -0.39 is 20.5 Å². The van der Waals surface area contributed by atoms with Crippen LogP contribution in [0.15, 0.2) is 30.6 Å². The summed E-state index contributed by atoms with van der Waals surface area (Å²) in [5.41, 5.74) is 0. The Balaban J connectivity index is 0.000000494. The second kappa shape index (κ2) is 7.38. The monoisotopic (exact) mass is 299 g/mol. The molecule has 2 N–H and O–H groups in total. The molecular weight excluding hydrogens is 286 g/mol. The summed E-state index contributed by atoms with van der Waals surface area (Å²) >= 11 is 0. The molecule has 0 bridgehead atoms. The molecule has 18 heavy (non-hydrogen) atoms. The van der Waals surface area contributed by atoms with Gasteiger partial charge in [-0.15, -0.1) is 0 Å². The first-order chi connectivity index (χ1) is 8.08. The molecule has 0 aromatic carbocycles. The van der Waals surface area contributed by atoms with Gasteiger partial charge in [-0.1, -0.05) is 6.07 Å². The lowest BCUT2D eigenvalue weighted by Gasteiger charge is -2.03. The van der Waals surface area contributed by atoms with E-state index in [1.165, 1.54) is 0 Å². The lowest BCUT2D eigenvalue weighted by Crippen LogP contribution is -2.33. The molecule has 0 aliphatic carbocycles. The summed E-state index contributed by atoms with van der Waals surface area (Å²) in [5.74, 6) is -0.297. The van der Waals surface area contributed by atoms with Crippen LogP contribution in [0.25, 0.3) is 0 Å². The number of hydrogen-bond acceptors (Lipinski definition) is 5. The molecular formula is C8H13NO7S2. The van der Waals surface area contributed by atoms with Gasteiger partial charge in [0.2, 0.25) is 0 Å². The van der Waals surface area contributed by atoms with Crippen molar-refractivity contribution in [2.45, 2.75) is 13.0 Å². The SMILES string of the molecule is O=S(=O)(O)O.O=S(=O)([O-])CCC[n+]1ccccc1. The van der Waals surface area contributed by atoms with Crippen molar-refractivity contribution in [1.82, 2.24) is 0 Å². The van der Waals surface area contributed by atoms with E-state index >= 15 is 0 Å². The molecule has 1 aromatic heterocycles. The van der Waals surface area contributed by atoms with Crippen LogP contribution in [0, 0.1) is 0 Å². The third kappa shape index (κ3) is 14.9. The highest BCUT2D eigenvalue weighted by molar-refractivity contribution is 7.85. The second-order valence-electron chi connectivity index (χ2n) is 3.18. The Kier molecular flexibility index (Phi) is 6.94. The Morgan fingerprint density at radius 3 is 1.83 bits per heavy atom. The third-order valence-electron chi connectivity index (χ3n) is 1.59. The maximum Gasteiger partial charge on any atom is 0.394 e. The first-order valence-electron chi connectivity index (χ1n) is 4.65. The summed E-state index contributed by atoms with van der Waals surface area (Å²) in [4.78, 5) is 0. The van der Waals surface area contributed by atoms with Gasteiger partial charge in [0, 0.05) is 24.3 Å². The molecule has 10 heteroatoms. The van der Waals surface area contributed by atoms with E-state index in [1.807, 2.05) is 35.2 Å². The second-order valence-corrected chi connectivity index (χ2v) is 5.60. The molecule has 104 valence electrons. The van der Waals surface area contributed by atoms with Gasteiger partial charge in [0.25, 0.3) is 0 Å². The number of hydrogen-bond donors (Lipinski definition) is 2. The van der Waals surface area contributed by atoms with Gasteiger partial charge in [0.1, 0.15) is 6.54 Å². The van der Waals surface area contributed by atoms with Crippen molar-refractivity contribution in [2.24, 2.45) is 0 Å². The van der Waals surface area contributed by atoms with Crippen LogP contribution in [0.3, 0.4) is 0 Å². The van der Waals surface area contributed by atoms with Gasteiger partial charge < -0.3 is 4.55 Å². The van der Waals surface area contributed by atoms with E-state index in [0.29, 0.717) is 13.0 Å². The molecule has 1 aromatic rings. The maximum atomic E-state index is 10.3. The van der Waals surface area contributed by atoms with Crippen LogP contribution < -0.4 is 4.57 Å². The van der Waals surface area contributed by atoms with Crippen LogP contribution in [0.4, 0.5) is 0 Å². The summed E-state index contributed by atoms with van der Waals surface area (Å²) in [6, 6.07) is 5.58. The first-order valence-corrected chi connectivity index (χ1v) is 7.63. The summed E-state index contributed by atoms with van der Waals surface area (Å²) in [6.07, 6.45) is 4.02. The quantitative estimate of drug-likeness (QED) is 0.551. The van der Waals surface area contributed by atoms with Crippen molar-refractivity contribution in [3.63, 3.8) is 0 Å². The molecule has 1 heterocycles. The number of rotatable bonds is 4. The van der Waals surface area contributed by atoms with Gasteiger partial charge in [0.15, 0.2) is 12.4 Å². The Labute approximate surface area is 105 Å². The van der Waals surface area contributed by atoms with Gasteiger partial charge in [-0.2, -0.15) is 8.42 Å². The minimum absolute atomic E-state index is 0.297. The summed E-state index contributed by atoms with van der Waals surface area (Å²) in [5, 5.41) is 0. The average molecular weight is 299 g/mol. The topological polar surface area (TPSA) is 136 Å². The van der Waals surface area contributed by atoms with Crippen LogP contribution in [0.2, 0.25) is 0 Å². The minimum Gasteiger partial charge on any atom is -0.748 e. The van der Waals surface area contributed by atoms with Crippen molar-refractivity contribution in [1.29, 1.82) is 0 Å². The van der Waals surface area contributed by atoms with Gasteiger partial charge in [-0.3, -0.25) is 9.11 Å². The molecule has 0 unspecified atom stereocenters. The highest BCUT2D eigenvalue weighted by atomic mass is 32.3. The normalized spacial score (nSPS) is 11.5. The fraction of sp³-hybridized carbons (Fsp3) is 0.375. The van der Waals surface area contributed by atoms with Crippen LogP contribution in [0.5, 0.6) is 0 Å². The van der Waals surface area contributed by atoms with Crippen LogP contribution in [-0.2, 0) is 27.1 Å². The number of nitrogens with zero attached hydrogens (tertiary/aromatic N) is 1. The molecule has 8 nitrogen and oxygen atoms in total. The van der Waals surface area contributed by atoms with Gasteiger partial charge >= 0.3 is 10.4 Å². The molecule has 0 aliphatic heterocycles. The fourth-order valence-electron chi connectivity index (χ4n) is 1.01. The fourth-order valence-corrected chi connectivity index (χ4v) is 1.49. The lowest BCUT2D eigenvalue weighted by molar-refractivity contribution is -0.696. The molecule has 0 fully saturated rings. The maximum absolute atomic E-state index is 10.3. The van der Waals surface area contributed by atoms with Gasteiger partial charge in [0.05, 0.1) is 10.1 Å². The van der Waals surface area contributed by atoms with Crippen molar-refractivity contribution >= 4 is 20.5 Å². The van der Waals surface area contributed by atoms with Crippen LogP contribution >= 0.6 is 0 Å². The predicted molar refractivity (Wildman–Crippen MR) is 60.0 cm³/mol. The Morgan fingerprint density at radius 2 is 1.44 bits per heavy atom. The molecule has 0 amide bonds. The largest absolute Gasteiger partial charge is 0.748 e. The minimum atomic E-state index is -4.67. The predicted octanol–water partition coefficient (Wildman–Crippen LogP) is -0.743. The summed E-state index contributed by atoms with van der Waals surface area (Å²) < 4.78 is 64.2.